The molecule has 2 aromatic rings. The van der Waals surface area contributed by atoms with Crippen LogP contribution in [0.2, 0.25) is 0 Å². The minimum absolute atomic E-state index is 0.940. The molecule has 0 bridgehead atoms. The number of benzene rings is 2. The number of rotatable bonds is 5. The zero-order valence-electron chi connectivity index (χ0n) is 13.0. The highest BCUT2D eigenvalue weighted by molar-refractivity contribution is 5.58. The van der Waals surface area contributed by atoms with Crippen molar-refractivity contribution in [3.8, 4) is 0 Å². The van der Waals surface area contributed by atoms with E-state index < -0.39 is 0 Å². The van der Waals surface area contributed by atoms with E-state index in [9.17, 15) is 0 Å². The van der Waals surface area contributed by atoms with Crippen molar-refractivity contribution in [1.29, 1.82) is 0 Å². The molecule has 3 rings (SSSR count). The summed E-state index contributed by atoms with van der Waals surface area (Å²) in [5.41, 5.74) is 7.14. The van der Waals surface area contributed by atoms with Crippen LogP contribution in [0.15, 0.2) is 42.5 Å². The standard InChI is InChI=1S/C19H24N2/c1-3-16-6-4-5-7-18(16)14-20-13-15-8-9-19-17(12-15)10-11-21(19)2/h4-9,12,20H,3,10-11,13-14H2,1-2H3. The summed E-state index contributed by atoms with van der Waals surface area (Å²) in [7, 11) is 2.17. The van der Waals surface area contributed by atoms with Gasteiger partial charge in [0.05, 0.1) is 0 Å². The second-order valence-corrected chi connectivity index (χ2v) is 5.86. The van der Waals surface area contributed by atoms with Gasteiger partial charge in [-0.3, -0.25) is 0 Å². The van der Waals surface area contributed by atoms with Gasteiger partial charge >= 0.3 is 0 Å². The van der Waals surface area contributed by atoms with E-state index in [0.29, 0.717) is 0 Å². The Bertz CT molecular complexity index is 619. The van der Waals surface area contributed by atoms with Gasteiger partial charge in [0.25, 0.3) is 0 Å². The lowest BCUT2D eigenvalue weighted by Crippen LogP contribution is -2.14. The Balaban J connectivity index is 1.61. The van der Waals surface area contributed by atoms with Crippen LogP contribution in [0.25, 0.3) is 0 Å². The molecule has 110 valence electrons. The number of fused-ring (bicyclic) bond motifs is 1. The van der Waals surface area contributed by atoms with Crippen LogP contribution in [0.5, 0.6) is 0 Å². The largest absolute Gasteiger partial charge is 0.374 e. The summed E-state index contributed by atoms with van der Waals surface area (Å²) in [6.07, 6.45) is 2.28. The van der Waals surface area contributed by atoms with Gasteiger partial charge in [-0.2, -0.15) is 0 Å². The molecule has 21 heavy (non-hydrogen) atoms. The molecular formula is C19H24N2. The lowest BCUT2D eigenvalue weighted by Gasteiger charge is -2.13. The lowest BCUT2D eigenvalue weighted by molar-refractivity contribution is 0.688. The van der Waals surface area contributed by atoms with E-state index in [1.165, 1.54) is 34.4 Å². The van der Waals surface area contributed by atoms with Crippen molar-refractivity contribution in [2.75, 3.05) is 18.5 Å². The van der Waals surface area contributed by atoms with Gasteiger partial charge < -0.3 is 10.2 Å². The summed E-state index contributed by atoms with van der Waals surface area (Å²) in [5.74, 6) is 0. The summed E-state index contributed by atoms with van der Waals surface area (Å²) in [5, 5.41) is 3.58. The molecule has 1 aliphatic rings. The molecule has 1 heterocycles. The summed E-state index contributed by atoms with van der Waals surface area (Å²) in [4.78, 5) is 2.34. The van der Waals surface area contributed by atoms with E-state index in [0.717, 1.165) is 26.1 Å². The molecule has 0 fully saturated rings. The van der Waals surface area contributed by atoms with Gasteiger partial charge in [-0.15, -0.1) is 0 Å². The molecule has 0 radical (unpaired) electrons. The predicted molar refractivity (Wildman–Crippen MR) is 89.8 cm³/mol. The Kier molecular flexibility index (Phi) is 4.26. The number of nitrogens with zero attached hydrogens (tertiary/aromatic N) is 1. The van der Waals surface area contributed by atoms with E-state index in [1.807, 2.05) is 0 Å². The minimum Gasteiger partial charge on any atom is -0.374 e. The third kappa shape index (κ3) is 3.11. The van der Waals surface area contributed by atoms with Crippen LogP contribution in [0.3, 0.4) is 0 Å². The molecular weight excluding hydrogens is 256 g/mol. The number of hydrogen-bond acceptors (Lipinski definition) is 2. The zero-order chi connectivity index (χ0) is 14.7. The maximum atomic E-state index is 3.58. The van der Waals surface area contributed by atoms with Gasteiger partial charge in [-0.1, -0.05) is 43.3 Å². The average molecular weight is 280 g/mol. The van der Waals surface area contributed by atoms with Crippen molar-refractivity contribution in [2.24, 2.45) is 0 Å². The van der Waals surface area contributed by atoms with Crippen LogP contribution in [-0.2, 0) is 25.9 Å². The zero-order valence-corrected chi connectivity index (χ0v) is 13.0. The molecule has 0 aromatic heterocycles. The molecule has 0 atom stereocenters. The quantitative estimate of drug-likeness (QED) is 0.901. The fourth-order valence-corrected chi connectivity index (χ4v) is 3.15. The highest BCUT2D eigenvalue weighted by atomic mass is 15.1. The van der Waals surface area contributed by atoms with Crippen molar-refractivity contribution in [1.82, 2.24) is 5.32 Å². The van der Waals surface area contributed by atoms with Crippen LogP contribution < -0.4 is 10.2 Å². The Labute approximate surface area is 127 Å². The maximum absolute atomic E-state index is 3.58. The topological polar surface area (TPSA) is 15.3 Å². The summed E-state index contributed by atoms with van der Waals surface area (Å²) < 4.78 is 0. The molecule has 0 saturated carbocycles. The second-order valence-electron chi connectivity index (χ2n) is 5.86. The Morgan fingerprint density at radius 3 is 2.67 bits per heavy atom. The molecule has 2 nitrogen and oxygen atoms in total. The van der Waals surface area contributed by atoms with E-state index in [2.05, 4.69) is 66.7 Å². The van der Waals surface area contributed by atoms with Crippen LogP contribution in [0, 0.1) is 0 Å². The van der Waals surface area contributed by atoms with Crippen molar-refractivity contribution >= 4 is 5.69 Å². The molecule has 0 unspecified atom stereocenters. The highest BCUT2D eigenvalue weighted by Crippen LogP contribution is 2.27. The lowest BCUT2D eigenvalue weighted by atomic mass is 10.0. The molecule has 0 aliphatic carbocycles. The minimum atomic E-state index is 0.940. The number of anilines is 1. The van der Waals surface area contributed by atoms with Crippen molar-refractivity contribution < 1.29 is 0 Å². The number of likely N-dealkylation sites (N-methyl/N-ethyl adjacent to an activating group) is 1. The highest BCUT2D eigenvalue weighted by Gasteiger charge is 2.15. The van der Waals surface area contributed by atoms with Gasteiger partial charge in [-0.25, -0.2) is 0 Å². The molecule has 0 saturated heterocycles. The van der Waals surface area contributed by atoms with Gasteiger partial charge in [-0.05, 0) is 41.2 Å². The van der Waals surface area contributed by atoms with Gasteiger partial charge in [0.1, 0.15) is 0 Å². The van der Waals surface area contributed by atoms with Crippen molar-refractivity contribution in [2.45, 2.75) is 32.9 Å². The van der Waals surface area contributed by atoms with Crippen molar-refractivity contribution in [3.63, 3.8) is 0 Å². The van der Waals surface area contributed by atoms with E-state index in [1.54, 1.807) is 0 Å². The normalized spacial score (nSPS) is 13.5. The number of hydrogen-bond donors (Lipinski definition) is 1. The second kappa shape index (κ2) is 6.31. The fourth-order valence-electron chi connectivity index (χ4n) is 3.15. The Hall–Kier alpha value is -1.80. The van der Waals surface area contributed by atoms with Crippen LogP contribution in [-0.4, -0.2) is 13.6 Å². The number of aryl methyl sites for hydroxylation is 1. The van der Waals surface area contributed by atoms with Crippen LogP contribution in [0.1, 0.15) is 29.2 Å². The molecule has 0 amide bonds. The van der Waals surface area contributed by atoms with Crippen LogP contribution in [0.4, 0.5) is 5.69 Å². The SMILES string of the molecule is CCc1ccccc1CNCc1ccc2c(c1)CCN2C. The summed E-state index contributed by atoms with van der Waals surface area (Å²) in [6.45, 7) is 5.25. The smallest absolute Gasteiger partial charge is 0.0397 e. The first-order chi connectivity index (χ1) is 10.3. The van der Waals surface area contributed by atoms with Gasteiger partial charge in [0.2, 0.25) is 0 Å². The first-order valence-electron chi connectivity index (χ1n) is 7.88. The van der Waals surface area contributed by atoms with Crippen molar-refractivity contribution in [3.05, 3.63) is 64.7 Å². The first kappa shape index (κ1) is 14.2. The Morgan fingerprint density at radius 1 is 1.05 bits per heavy atom. The first-order valence-corrected chi connectivity index (χ1v) is 7.88. The Morgan fingerprint density at radius 2 is 1.86 bits per heavy atom. The summed E-state index contributed by atoms with van der Waals surface area (Å²) >= 11 is 0. The molecule has 1 N–H and O–H groups in total. The number of nitrogens with one attached hydrogen (secondary N) is 1. The van der Waals surface area contributed by atoms with Crippen LogP contribution >= 0.6 is 0 Å². The third-order valence-electron chi connectivity index (χ3n) is 4.42. The van der Waals surface area contributed by atoms with E-state index in [4.69, 9.17) is 0 Å². The third-order valence-corrected chi connectivity index (χ3v) is 4.42. The molecule has 2 heteroatoms. The molecule has 0 spiro atoms. The predicted octanol–water partition coefficient (Wildman–Crippen LogP) is 3.53. The van der Waals surface area contributed by atoms with Gasteiger partial charge in [0.15, 0.2) is 0 Å². The monoisotopic (exact) mass is 280 g/mol. The fraction of sp³-hybridized carbons (Fsp3) is 0.368. The molecule has 2 aromatic carbocycles. The van der Waals surface area contributed by atoms with E-state index in [-0.39, 0.29) is 0 Å². The molecule has 1 aliphatic heterocycles. The summed E-state index contributed by atoms with van der Waals surface area (Å²) in [6, 6.07) is 15.6. The van der Waals surface area contributed by atoms with E-state index >= 15 is 0 Å². The average Bonchev–Trinajstić information content (AvgIpc) is 2.89. The van der Waals surface area contributed by atoms with Gasteiger partial charge in [0, 0.05) is 32.4 Å². The maximum Gasteiger partial charge on any atom is 0.0397 e.